The average molecular weight is 289 g/mol. The van der Waals surface area contributed by atoms with Crippen LogP contribution in [-0.4, -0.2) is 41.0 Å². The predicted molar refractivity (Wildman–Crippen MR) is 81.9 cm³/mol. The van der Waals surface area contributed by atoms with Crippen LogP contribution in [-0.2, 0) is 0 Å². The molecule has 2 aliphatic heterocycles. The van der Waals surface area contributed by atoms with Crippen LogP contribution in [0.4, 0.5) is 5.69 Å². The number of piperidine rings is 1. The Bertz CT molecular complexity index is 533. The van der Waals surface area contributed by atoms with Crippen LogP contribution in [0.2, 0.25) is 0 Å². The Hall–Kier alpha value is -1.66. The third-order valence-electron chi connectivity index (χ3n) is 4.60. The fourth-order valence-electron chi connectivity index (χ4n) is 3.48. The first-order chi connectivity index (χ1) is 10.2. The summed E-state index contributed by atoms with van der Waals surface area (Å²) in [7, 11) is 0. The third kappa shape index (κ3) is 3.01. The van der Waals surface area contributed by atoms with E-state index in [4.69, 9.17) is 5.84 Å². The molecule has 0 bridgehead atoms. The van der Waals surface area contributed by atoms with Gasteiger partial charge in [0.1, 0.15) is 0 Å². The van der Waals surface area contributed by atoms with Gasteiger partial charge >= 0.3 is 0 Å². The van der Waals surface area contributed by atoms with Gasteiger partial charge in [-0.2, -0.15) is 0 Å². The van der Waals surface area contributed by atoms with Crippen molar-refractivity contribution in [1.82, 2.24) is 15.2 Å². The van der Waals surface area contributed by atoms with Gasteiger partial charge in [-0.25, -0.2) is 0 Å². The minimum Gasteiger partial charge on any atom is -0.349 e. The number of hydrogen-bond acceptors (Lipinski definition) is 5. The van der Waals surface area contributed by atoms with Crippen molar-refractivity contribution in [1.29, 1.82) is 0 Å². The molecule has 1 aromatic rings. The molecule has 2 fully saturated rings. The Labute approximate surface area is 125 Å². The van der Waals surface area contributed by atoms with E-state index in [1.54, 1.807) is 12.3 Å². The van der Waals surface area contributed by atoms with Gasteiger partial charge in [-0.05, 0) is 45.2 Å². The largest absolute Gasteiger partial charge is 0.349 e. The summed E-state index contributed by atoms with van der Waals surface area (Å²) in [4.78, 5) is 19.2. The molecule has 0 aromatic carbocycles. The lowest BCUT2D eigenvalue weighted by molar-refractivity contribution is 0.0896. The van der Waals surface area contributed by atoms with E-state index < -0.39 is 0 Å². The molecule has 2 saturated heterocycles. The minimum absolute atomic E-state index is 0.0908. The number of pyridine rings is 1. The van der Waals surface area contributed by atoms with Crippen LogP contribution in [0.5, 0.6) is 0 Å². The highest BCUT2D eigenvalue weighted by atomic mass is 16.1. The molecular weight excluding hydrogens is 266 g/mol. The van der Waals surface area contributed by atoms with Crippen LogP contribution in [0.3, 0.4) is 0 Å². The van der Waals surface area contributed by atoms with Crippen LogP contribution in [0.15, 0.2) is 12.3 Å². The topological polar surface area (TPSA) is 83.3 Å². The number of aryl methyl sites for hydroxylation is 1. The van der Waals surface area contributed by atoms with Gasteiger partial charge in [-0.15, -0.1) is 0 Å². The zero-order valence-corrected chi connectivity index (χ0v) is 12.4. The molecule has 6 heteroatoms. The number of fused-ring (bicyclic) bond motifs is 1. The molecular formula is C15H23N5O. The van der Waals surface area contributed by atoms with Crippen LogP contribution < -0.4 is 16.6 Å². The lowest BCUT2D eigenvalue weighted by atomic mass is 9.97. The standard InChI is InChI=1S/C15H23N5O/c1-10-7-14(19-16)13(9-17-10)15(21)18-11-4-6-20-5-2-3-12(20)8-11/h7,9,11-12H,2-6,8,16H2,1H3,(H,17,19)(H,18,21). The highest BCUT2D eigenvalue weighted by Gasteiger charge is 2.32. The molecule has 3 rings (SSSR count). The van der Waals surface area contributed by atoms with E-state index in [2.05, 4.69) is 20.6 Å². The van der Waals surface area contributed by atoms with E-state index in [9.17, 15) is 4.79 Å². The van der Waals surface area contributed by atoms with E-state index >= 15 is 0 Å². The highest BCUT2D eigenvalue weighted by Crippen LogP contribution is 2.27. The summed E-state index contributed by atoms with van der Waals surface area (Å²) in [5, 5.41) is 3.14. The van der Waals surface area contributed by atoms with Crippen molar-refractivity contribution in [3.05, 3.63) is 23.5 Å². The first kappa shape index (κ1) is 14.3. The van der Waals surface area contributed by atoms with Gasteiger partial charge in [0.15, 0.2) is 0 Å². The van der Waals surface area contributed by atoms with Crippen LogP contribution in [0, 0.1) is 6.92 Å². The molecule has 0 radical (unpaired) electrons. The number of carbonyl (C=O) groups is 1. The molecule has 6 nitrogen and oxygen atoms in total. The molecule has 0 spiro atoms. The molecule has 114 valence electrons. The summed E-state index contributed by atoms with van der Waals surface area (Å²) in [6.45, 7) is 4.18. The number of nitrogens with two attached hydrogens (primary N) is 1. The molecule has 2 aliphatic rings. The van der Waals surface area contributed by atoms with Gasteiger partial charge in [0, 0.05) is 30.5 Å². The van der Waals surface area contributed by atoms with Gasteiger partial charge in [0.05, 0.1) is 11.3 Å². The Morgan fingerprint density at radius 1 is 1.43 bits per heavy atom. The first-order valence-corrected chi connectivity index (χ1v) is 7.65. The molecule has 3 heterocycles. The number of nitrogens with zero attached hydrogens (tertiary/aromatic N) is 2. The monoisotopic (exact) mass is 289 g/mol. The summed E-state index contributed by atoms with van der Waals surface area (Å²) in [5.74, 6) is 5.41. The fraction of sp³-hybridized carbons (Fsp3) is 0.600. The normalized spacial score (nSPS) is 25.4. The Morgan fingerprint density at radius 2 is 2.29 bits per heavy atom. The molecule has 2 unspecified atom stereocenters. The lowest BCUT2D eigenvalue weighted by Gasteiger charge is -2.35. The number of rotatable bonds is 3. The summed E-state index contributed by atoms with van der Waals surface area (Å²) in [6.07, 6.45) is 6.20. The van der Waals surface area contributed by atoms with Crippen molar-refractivity contribution in [3.8, 4) is 0 Å². The molecule has 1 amide bonds. The summed E-state index contributed by atoms with van der Waals surface area (Å²) >= 11 is 0. The summed E-state index contributed by atoms with van der Waals surface area (Å²) in [6, 6.07) is 2.69. The summed E-state index contributed by atoms with van der Waals surface area (Å²) in [5.41, 5.74) is 4.55. The van der Waals surface area contributed by atoms with Crippen molar-refractivity contribution >= 4 is 11.6 Å². The van der Waals surface area contributed by atoms with Gasteiger partial charge in [-0.3, -0.25) is 15.6 Å². The Balaban J connectivity index is 1.66. The quantitative estimate of drug-likeness (QED) is 0.572. The number of hydrazine groups is 1. The Kier molecular flexibility index (Phi) is 4.07. The smallest absolute Gasteiger partial charge is 0.255 e. The van der Waals surface area contributed by atoms with E-state index in [0.29, 0.717) is 17.3 Å². The van der Waals surface area contributed by atoms with Crippen molar-refractivity contribution in [2.24, 2.45) is 5.84 Å². The predicted octanol–water partition coefficient (Wildman–Crippen LogP) is 1.03. The van der Waals surface area contributed by atoms with Gasteiger partial charge in [0.25, 0.3) is 5.91 Å². The van der Waals surface area contributed by atoms with Gasteiger partial charge in [-0.1, -0.05) is 0 Å². The minimum atomic E-state index is -0.0908. The van der Waals surface area contributed by atoms with Crippen molar-refractivity contribution in [3.63, 3.8) is 0 Å². The highest BCUT2D eigenvalue weighted by molar-refractivity contribution is 5.99. The molecule has 2 atom stereocenters. The zero-order chi connectivity index (χ0) is 14.8. The molecule has 1 aromatic heterocycles. The van der Waals surface area contributed by atoms with Crippen LogP contribution in [0.1, 0.15) is 41.7 Å². The molecule has 0 saturated carbocycles. The van der Waals surface area contributed by atoms with Crippen molar-refractivity contribution in [2.45, 2.75) is 44.7 Å². The maximum Gasteiger partial charge on any atom is 0.255 e. The molecule has 21 heavy (non-hydrogen) atoms. The average Bonchev–Trinajstić information content (AvgIpc) is 2.94. The number of aromatic nitrogens is 1. The number of hydrogen-bond donors (Lipinski definition) is 3. The van der Waals surface area contributed by atoms with Crippen molar-refractivity contribution in [2.75, 3.05) is 18.5 Å². The fourth-order valence-corrected chi connectivity index (χ4v) is 3.48. The maximum atomic E-state index is 12.4. The van der Waals surface area contributed by atoms with Crippen LogP contribution >= 0.6 is 0 Å². The van der Waals surface area contributed by atoms with E-state index in [-0.39, 0.29) is 11.9 Å². The second kappa shape index (κ2) is 5.99. The number of carbonyl (C=O) groups excluding carboxylic acids is 1. The van der Waals surface area contributed by atoms with E-state index in [0.717, 1.165) is 25.1 Å². The van der Waals surface area contributed by atoms with E-state index in [1.165, 1.54) is 19.4 Å². The van der Waals surface area contributed by atoms with Crippen molar-refractivity contribution < 1.29 is 4.79 Å². The first-order valence-electron chi connectivity index (χ1n) is 7.65. The molecule has 0 aliphatic carbocycles. The van der Waals surface area contributed by atoms with E-state index in [1.807, 2.05) is 6.92 Å². The third-order valence-corrected chi connectivity index (χ3v) is 4.60. The number of anilines is 1. The summed E-state index contributed by atoms with van der Waals surface area (Å²) < 4.78 is 0. The zero-order valence-electron chi connectivity index (χ0n) is 12.4. The lowest BCUT2D eigenvalue weighted by Crippen LogP contribution is -2.47. The van der Waals surface area contributed by atoms with Gasteiger partial charge < -0.3 is 15.6 Å². The SMILES string of the molecule is Cc1cc(NN)c(C(=O)NC2CCN3CCCC3C2)cn1. The number of nitrogens with one attached hydrogen (secondary N) is 2. The number of amides is 1. The second-order valence-corrected chi connectivity index (χ2v) is 6.04. The maximum absolute atomic E-state index is 12.4. The Morgan fingerprint density at radius 3 is 3.10 bits per heavy atom. The molecule has 4 N–H and O–H groups in total. The van der Waals surface area contributed by atoms with Gasteiger partial charge in [0.2, 0.25) is 0 Å². The van der Waals surface area contributed by atoms with Crippen LogP contribution in [0.25, 0.3) is 0 Å². The second-order valence-electron chi connectivity index (χ2n) is 6.04. The number of nitrogen functional groups attached to an aromatic ring is 1.